The smallest absolute Gasteiger partial charge is 0.335 e. The molecule has 1 N–H and O–H groups in total. The summed E-state index contributed by atoms with van der Waals surface area (Å²) in [7, 11) is 1.55. The van der Waals surface area contributed by atoms with Gasteiger partial charge in [-0.1, -0.05) is 42.0 Å². The summed E-state index contributed by atoms with van der Waals surface area (Å²) < 4.78 is 10.9. The number of rotatable bonds is 6. The van der Waals surface area contributed by atoms with E-state index in [-0.39, 0.29) is 5.57 Å². The molecule has 0 aromatic heterocycles. The van der Waals surface area contributed by atoms with Crippen LogP contribution in [0.3, 0.4) is 0 Å². The maximum atomic E-state index is 13.0. The molecule has 33 heavy (non-hydrogen) atoms. The number of hydrogen-bond donors (Lipinski definition) is 1. The second kappa shape index (κ2) is 9.40. The molecule has 166 valence electrons. The van der Waals surface area contributed by atoms with Crippen molar-refractivity contribution < 1.29 is 23.9 Å². The van der Waals surface area contributed by atoms with Gasteiger partial charge in [-0.2, -0.15) is 0 Å². The summed E-state index contributed by atoms with van der Waals surface area (Å²) in [4.78, 5) is 38.7. The van der Waals surface area contributed by atoms with E-state index >= 15 is 0 Å². The van der Waals surface area contributed by atoms with Crippen LogP contribution in [-0.2, 0) is 16.2 Å². The van der Waals surface area contributed by atoms with Gasteiger partial charge in [-0.05, 0) is 60.5 Å². The first kappa shape index (κ1) is 21.8. The number of hydrogen-bond acceptors (Lipinski definition) is 5. The largest absolute Gasteiger partial charge is 0.497 e. The lowest BCUT2D eigenvalue weighted by molar-refractivity contribution is -0.122. The van der Waals surface area contributed by atoms with Crippen LogP contribution in [0.1, 0.15) is 16.7 Å². The molecule has 3 aromatic rings. The number of aryl methyl sites for hydroxylation is 1. The molecule has 0 aliphatic carbocycles. The number of carbonyl (C=O) groups is 3. The molecule has 3 aromatic carbocycles. The standard InChI is InChI=1S/C26H22N2O5/c1-17-3-5-19(6-4-17)16-33-22-13-9-20(10-14-22)28-25(30)23(24(29)27-26(28)31)15-18-7-11-21(32-2)12-8-18/h3-15H,16H2,1-2H3,(H,27,29,31). The van der Waals surface area contributed by atoms with Crippen LogP contribution >= 0.6 is 0 Å². The number of anilines is 1. The van der Waals surface area contributed by atoms with E-state index in [1.54, 1.807) is 55.6 Å². The van der Waals surface area contributed by atoms with Crippen LogP contribution in [-0.4, -0.2) is 25.0 Å². The van der Waals surface area contributed by atoms with Gasteiger partial charge in [0.1, 0.15) is 23.7 Å². The number of carbonyl (C=O) groups excluding carboxylic acids is 3. The molecule has 7 nitrogen and oxygen atoms in total. The molecule has 4 rings (SSSR count). The summed E-state index contributed by atoms with van der Waals surface area (Å²) in [5, 5.41) is 2.22. The molecule has 7 heteroatoms. The van der Waals surface area contributed by atoms with Crippen molar-refractivity contribution in [3.63, 3.8) is 0 Å². The van der Waals surface area contributed by atoms with Crippen LogP contribution in [0.2, 0.25) is 0 Å². The number of urea groups is 1. The quantitative estimate of drug-likeness (QED) is 0.456. The first-order valence-corrected chi connectivity index (χ1v) is 10.3. The monoisotopic (exact) mass is 442 g/mol. The van der Waals surface area contributed by atoms with Crippen LogP contribution in [0.4, 0.5) is 10.5 Å². The average Bonchev–Trinajstić information content (AvgIpc) is 2.82. The van der Waals surface area contributed by atoms with Crippen LogP contribution in [0, 0.1) is 6.92 Å². The van der Waals surface area contributed by atoms with Gasteiger partial charge in [-0.3, -0.25) is 14.9 Å². The van der Waals surface area contributed by atoms with E-state index in [2.05, 4.69) is 5.32 Å². The molecular weight excluding hydrogens is 420 g/mol. The van der Waals surface area contributed by atoms with Crippen LogP contribution in [0.15, 0.2) is 78.4 Å². The third-order valence-electron chi connectivity index (χ3n) is 5.15. The first-order chi connectivity index (χ1) is 15.9. The Labute approximate surface area is 191 Å². The van der Waals surface area contributed by atoms with E-state index in [0.717, 1.165) is 10.5 Å². The van der Waals surface area contributed by atoms with Gasteiger partial charge < -0.3 is 9.47 Å². The topological polar surface area (TPSA) is 84.9 Å². The molecule has 4 amide bonds. The van der Waals surface area contributed by atoms with Gasteiger partial charge in [0.2, 0.25) is 0 Å². The van der Waals surface area contributed by atoms with Gasteiger partial charge in [0.25, 0.3) is 11.8 Å². The minimum Gasteiger partial charge on any atom is -0.497 e. The predicted octanol–water partition coefficient (Wildman–Crippen LogP) is 4.25. The predicted molar refractivity (Wildman–Crippen MR) is 124 cm³/mol. The number of barbiturate groups is 1. The highest BCUT2D eigenvalue weighted by molar-refractivity contribution is 6.39. The van der Waals surface area contributed by atoms with Gasteiger partial charge in [-0.15, -0.1) is 0 Å². The minimum absolute atomic E-state index is 0.139. The SMILES string of the molecule is COc1ccc(C=C2C(=O)NC(=O)N(c3ccc(OCc4ccc(C)cc4)cc3)C2=O)cc1. The summed E-state index contributed by atoms with van der Waals surface area (Å²) in [6.45, 7) is 2.42. The van der Waals surface area contributed by atoms with Crippen molar-refractivity contribution in [1.29, 1.82) is 0 Å². The van der Waals surface area contributed by atoms with Crippen LogP contribution < -0.4 is 19.7 Å². The fourth-order valence-corrected chi connectivity index (χ4v) is 3.30. The number of methoxy groups -OCH3 is 1. The lowest BCUT2D eigenvalue weighted by Gasteiger charge is -2.26. The number of ether oxygens (including phenoxy) is 2. The maximum absolute atomic E-state index is 13.0. The molecule has 1 fully saturated rings. The number of nitrogens with one attached hydrogen (secondary N) is 1. The Kier molecular flexibility index (Phi) is 6.22. The zero-order valence-corrected chi connectivity index (χ0v) is 18.2. The third-order valence-corrected chi connectivity index (χ3v) is 5.15. The normalized spacial score (nSPS) is 14.9. The Balaban J connectivity index is 1.51. The van der Waals surface area contributed by atoms with Crippen LogP contribution in [0.25, 0.3) is 6.08 Å². The Morgan fingerprint density at radius 2 is 1.48 bits per heavy atom. The van der Waals surface area contributed by atoms with Crippen molar-refractivity contribution in [3.8, 4) is 11.5 Å². The second-order valence-corrected chi connectivity index (χ2v) is 7.50. The summed E-state index contributed by atoms with van der Waals surface area (Å²) >= 11 is 0. The van der Waals surface area contributed by atoms with Crippen molar-refractivity contribution in [2.24, 2.45) is 0 Å². The van der Waals surface area contributed by atoms with E-state index < -0.39 is 17.8 Å². The zero-order valence-electron chi connectivity index (χ0n) is 18.2. The Morgan fingerprint density at radius 3 is 2.12 bits per heavy atom. The highest BCUT2D eigenvalue weighted by Gasteiger charge is 2.36. The van der Waals surface area contributed by atoms with Crippen molar-refractivity contribution >= 4 is 29.6 Å². The minimum atomic E-state index is -0.801. The second-order valence-electron chi connectivity index (χ2n) is 7.50. The summed E-state index contributed by atoms with van der Waals surface area (Å²) in [6.07, 6.45) is 1.44. The Morgan fingerprint density at radius 1 is 0.848 bits per heavy atom. The van der Waals surface area contributed by atoms with Crippen molar-refractivity contribution in [2.75, 3.05) is 12.0 Å². The molecule has 0 atom stereocenters. The van der Waals surface area contributed by atoms with E-state index in [4.69, 9.17) is 9.47 Å². The molecule has 0 saturated carbocycles. The van der Waals surface area contributed by atoms with E-state index in [0.29, 0.717) is 29.4 Å². The molecule has 0 unspecified atom stereocenters. The molecule has 0 bridgehead atoms. The fraction of sp³-hybridized carbons (Fsp3) is 0.115. The van der Waals surface area contributed by atoms with Gasteiger partial charge in [0.05, 0.1) is 12.8 Å². The van der Waals surface area contributed by atoms with E-state index in [1.165, 1.54) is 11.6 Å². The van der Waals surface area contributed by atoms with Crippen molar-refractivity contribution in [2.45, 2.75) is 13.5 Å². The molecule has 1 aliphatic heterocycles. The van der Waals surface area contributed by atoms with Gasteiger partial charge in [-0.25, -0.2) is 9.69 Å². The van der Waals surface area contributed by atoms with Gasteiger partial charge in [0.15, 0.2) is 0 Å². The van der Waals surface area contributed by atoms with Crippen molar-refractivity contribution in [3.05, 3.63) is 95.1 Å². The molecule has 0 radical (unpaired) electrons. The van der Waals surface area contributed by atoms with Gasteiger partial charge >= 0.3 is 6.03 Å². The Hall–Kier alpha value is -4.39. The summed E-state index contributed by atoms with van der Waals surface area (Å²) in [5.74, 6) is -0.199. The molecule has 1 heterocycles. The highest BCUT2D eigenvalue weighted by atomic mass is 16.5. The number of amides is 4. The molecular formula is C26H22N2O5. The number of benzene rings is 3. The van der Waals surface area contributed by atoms with Crippen molar-refractivity contribution in [1.82, 2.24) is 5.32 Å². The highest BCUT2D eigenvalue weighted by Crippen LogP contribution is 2.25. The van der Waals surface area contributed by atoms with E-state index in [9.17, 15) is 14.4 Å². The lowest BCUT2D eigenvalue weighted by Crippen LogP contribution is -2.54. The fourth-order valence-electron chi connectivity index (χ4n) is 3.30. The molecule has 1 saturated heterocycles. The number of imide groups is 2. The Bertz CT molecular complexity index is 1210. The number of nitrogens with zero attached hydrogens (tertiary/aromatic N) is 1. The summed E-state index contributed by atoms with van der Waals surface area (Å²) in [6, 6.07) is 20.6. The van der Waals surface area contributed by atoms with Crippen LogP contribution in [0.5, 0.6) is 11.5 Å². The first-order valence-electron chi connectivity index (χ1n) is 10.3. The molecule has 1 aliphatic rings. The lowest BCUT2D eigenvalue weighted by atomic mass is 10.1. The third kappa shape index (κ3) is 4.93. The maximum Gasteiger partial charge on any atom is 0.335 e. The van der Waals surface area contributed by atoms with E-state index in [1.807, 2.05) is 31.2 Å². The average molecular weight is 442 g/mol. The zero-order chi connectivity index (χ0) is 23.4. The van der Waals surface area contributed by atoms with Gasteiger partial charge in [0, 0.05) is 0 Å². The molecule has 0 spiro atoms. The summed E-state index contributed by atoms with van der Waals surface area (Å²) in [5.41, 5.74) is 3.02.